The molecule has 2 atom stereocenters. The molecule has 0 saturated carbocycles. The normalized spacial score (nSPS) is 24.3. The Balaban J connectivity index is 0.00000192. The number of benzene rings is 2. The Kier molecular flexibility index (Phi) is 5.04. The number of rotatable bonds is 2. The van der Waals surface area contributed by atoms with Crippen molar-refractivity contribution in [1.29, 1.82) is 0 Å². The fraction of sp³-hybridized carbons (Fsp3) is 0.294. The molecule has 1 fully saturated rings. The van der Waals surface area contributed by atoms with Gasteiger partial charge in [0, 0.05) is 19.0 Å². The summed E-state index contributed by atoms with van der Waals surface area (Å²) >= 11 is 0. The lowest BCUT2D eigenvalue weighted by Gasteiger charge is -2.23. The fourth-order valence-electron chi connectivity index (χ4n) is 2.90. The van der Waals surface area contributed by atoms with E-state index in [1.807, 2.05) is 30.3 Å². The number of nitrogens with one attached hydrogen (secondary N) is 1. The van der Waals surface area contributed by atoms with Gasteiger partial charge in [-0.2, -0.15) is 13.2 Å². The van der Waals surface area contributed by atoms with Crippen molar-refractivity contribution in [2.45, 2.75) is 24.2 Å². The largest absolute Gasteiger partial charge is 0.416 e. The summed E-state index contributed by atoms with van der Waals surface area (Å²) in [6.07, 6.45) is -4.06. The van der Waals surface area contributed by atoms with Crippen LogP contribution >= 0.6 is 12.4 Å². The van der Waals surface area contributed by atoms with Gasteiger partial charge in [0.25, 0.3) is 0 Å². The van der Waals surface area contributed by atoms with Gasteiger partial charge in [0.2, 0.25) is 0 Å². The summed E-state index contributed by atoms with van der Waals surface area (Å²) in [5.41, 5.74) is -0.706. The van der Waals surface area contributed by atoms with Gasteiger partial charge in [0.05, 0.1) is 5.56 Å². The summed E-state index contributed by atoms with van der Waals surface area (Å²) < 4.78 is 38.5. The number of hydrogen-bond acceptors (Lipinski definition) is 2. The van der Waals surface area contributed by atoms with E-state index < -0.39 is 17.3 Å². The Hall–Kier alpha value is -1.56. The van der Waals surface area contributed by atoms with E-state index in [2.05, 4.69) is 5.32 Å². The topological polar surface area (TPSA) is 32.3 Å². The minimum Gasteiger partial charge on any atom is -0.384 e. The lowest BCUT2D eigenvalue weighted by atomic mass is 9.88. The first-order chi connectivity index (χ1) is 10.4. The highest BCUT2D eigenvalue weighted by atomic mass is 35.5. The Labute approximate surface area is 138 Å². The lowest BCUT2D eigenvalue weighted by molar-refractivity contribution is -0.137. The van der Waals surface area contributed by atoms with Crippen molar-refractivity contribution in [2.75, 3.05) is 6.54 Å². The molecule has 0 bridgehead atoms. The van der Waals surface area contributed by atoms with Gasteiger partial charge in [-0.1, -0.05) is 42.5 Å². The summed E-state index contributed by atoms with van der Waals surface area (Å²) in [6.45, 7) is 0.230. The molecule has 0 aliphatic carbocycles. The van der Waals surface area contributed by atoms with Gasteiger partial charge < -0.3 is 10.4 Å². The van der Waals surface area contributed by atoms with E-state index in [4.69, 9.17) is 0 Å². The maximum Gasteiger partial charge on any atom is 0.416 e. The fourth-order valence-corrected chi connectivity index (χ4v) is 2.90. The molecule has 124 valence electrons. The monoisotopic (exact) mass is 343 g/mol. The molecule has 1 heterocycles. The number of aliphatic hydroxyl groups is 1. The molecule has 2 aromatic carbocycles. The van der Waals surface area contributed by atoms with E-state index in [1.54, 1.807) is 6.07 Å². The summed E-state index contributed by atoms with van der Waals surface area (Å²) in [5.74, 6) is 0. The highest BCUT2D eigenvalue weighted by Gasteiger charge is 2.40. The molecule has 2 aromatic rings. The molecular formula is C17H17ClF3NO. The maximum absolute atomic E-state index is 12.8. The predicted molar refractivity (Wildman–Crippen MR) is 84.4 cm³/mol. The first-order valence-electron chi connectivity index (χ1n) is 7.07. The van der Waals surface area contributed by atoms with Gasteiger partial charge in [-0.25, -0.2) is 0 Å². The van der Waals surface area contributed by atoms with E-state index in [1.165, 1.54) is 6.07 Å². The summed E-state index contributed by atoms with van der Waals surface area (Å²) in [4.78, 5) is 0. The third kappa shape index (κ3) is 3.68. The average Bonchev–Trinajstić information content (AvgIpc) is 2.91. The minimum atomic E-state index is -4.41. The van der Waals surface area contributed by atoms with Crippen LogP contribution in [0.1, 0.15) is 29.2 Å². The van der Waals surface area contributed by atoms with E-state index in [-0.39, 0.29) is 25.0 Å². The Morgan fingerprint density at radius 1 is 1.04 bits per heavy atom. The van der Waals surface area contributed by atoms with Crippen molar-refractivity contribution in [3.8, 4) is 0 Å². The molecule has 0 amide bonds. The Morgan fingerprint density at radius 3 is 2.39 bits per heavy atom. The molecule has 2 unspecified atom stereocenters. The number of hydrogen-bond donors (Lipinski definition) is 2. The molecule has 1 aliphatic heterocycles. The smallest absolute Gasteiger partial charge is 0.384 e. The molecule has 1 saturated heterocycles. The molecule has 23 heavy (non-hydrogen) atoms. The van der Waals surface area contributed by atoms with Crippen LogP contribution in [0.5, 0.6) is 0 Å². The van der Waals surface area contributed by atoms with Crippen LogP contribution in [0.25, 0.3) is 0 Å². The molecule has 2 nitrogen and oxygen atoms in total. The zero-order valence-corrected chi connectivity index (χ0v) is 13.0. The molecule has 0 aromatic heterocycles. The minimum absolute atomic E-state index is 0. The summed E-state index contributed by atoms with van der Waals surface area (Å²) in [6, 6.07) is 14.5. The van der Waals surface area contributed by atoms with Crippen LogP contribution in [0, 0.1) is 0 Å². The Morgan fingerprint density at radius 2 is 1.74 bits per heavy atom. The highest BCUT2D eigenvalue weighted by Crippen LogP contribution is 2.39. The Bertz CT molecular complexity index is 662. The average molecular weight is 344 g/mol. The predicted octanol–water partition coefficient (Wildman–Crippen LogP) is 4.05. The van der Waals surface area contributed by atoms with Crippen molar-refractivity contribution in [3.63, 3.8) is 0 Å². The standard InChI is InChI=1S/C17H16F3NO.ClH/c18-17(19,20)14-8-4-7-13(9-14)16(22)10-15(21-11-16)12-5-2-1-3-6-12;/h1-9,15,21-22H,10-11H2;1H. The van der Waals surface area contributed by atoms with Crippen molar-refractivity contribution in [3.05, 3.63) is 71.3 Å². The highest BCUT2D eigenvalue weighted by molar-refractivity contribution is 5.85. The van der Waals surface area contributed by atoms with Crippen molar-refractivity contribution in [2.24, 2.45) is 0 Å². The summed E-state index contributed by atoms with van der Waals surface area (Å²) in [5, 5.41) is 13.9. The van der Waals surface area contributed by atoms with Crippen LogP contribution in [0.3, 0.4) is 0 Å². The van der Waals surface area contributed by atoms with Crippen LogP contribution in [0.2, 0.25) is 0 Å². The molecule has 1 aliphatic rings. The molecule has 0 spiro atoms. The first kappa shape index (κ1) is 17.8. The van der Waals surface area contributed by atoms with E-state index >= 15 is 0 Å². The molecule has 2 N–H and O–H groups in total. The third-order valence-corrected chi connectivity index (χ3v) is 4.11. The zero-order chi connectivity index (χ0) is 15.8. The molecule has 6 heteroatoms. The van der Waals surface area contributed by atoms with Crippen LogP contribution in [0.4, 0.5) is 13.2 Å². The maximum atomic E-state index is 12.8. The number of β-amino-alcohol motifs (C(OH)–C–C–N with tert-alkyl or cyclic N) is 1. The summed E-state index contributed by atoms with van der Waals surface area (Å²) in [7, 11) is 0. The SMILES string of the molecule is Cl.OC1(c2cccc(C(F)(F)F)c2)CNC(c2ccccc2)C1. The second kappa shape index (κ2) is 6.51. The third-order valence-electron chi connectivity index (χ3n) is 4.11. The quantitative estimate of drug-likeness (QED) is 0.862. The van der Waals surface area contributed by atoms with E-state index in [9.17, 15) is 18.3 Å². The second-order valence-electron chi connectivity index (χ2n) is 5.66. The van der Waals surface area contributed by atoms with Gasteiger partial charge in [0.15, 0.2) is 0 Å². The first-order valence-corrected chi connectivity index (χ1v) is 7.07. The van der Waals surface area contributed by atoms with Crippen molar-refractivity contribution in [1.82, 2.24) is 5.32 Å². The zero-order valence-electron chi connectivity index (χ0n) is 12.2. The van der Waals surface area contributed by atoms with Gasteiger partial charge >= 0.3 is 6.18 Å². The van der Waals surface area contributed by atoms with E-state index in [0.717, 1.165) is 17.7 Å². The second-order valence-corrected chi connectivity index (χ2v) is 5.66. The van der Waals surface area contributed by atoms with Crippen molar-refractivity contribution < 1.29 is 18.3 Å². The van der Waals surface area contributed by atoms with E-state index in [0.29, 0.717) is 12.0 Å². The van der Waals surface area contributed by atoms with Crippen molar-refractivity contribution >= 4 is 12.4 Å². The molecular weight excluding hydrogens is 327 g/mol. The lowest BCUT2D eigenvalue weighted by Crippen LogP contribution is -2.28. The van der Waals surface area contributed by atoms with Crippen LogP contribution < -0.4 is 5.32 Å². The van der Waals surface area contributed by atoms with Crippen LogP contribution in [-0.4, -0.2) is 11.7 Å². The van der Waals surface area contributed by atoms with Gasteiger partial charge in [-0.3, -0.25) is 0 Å². The molecule has 3 rings (SSSR count). The number of alkyl halides is 3. The van der Waals surface area contributed by atoms with Gasteiger partial charge in [-0.15, -0.1) is 12.4 Å². The van der Waals surface area contributed by atoms with Crippen LogP contribution in [0.15, 0.2) is 54.6 Å². The number of halogens is 4. The van der Waals surface area contributed by atoms with Crippen LogP contribution in [-0.2, 0) is 11.8 Å². The van der Waals surface area contributed by atoms with Gasteiger partial charge in [0.1, 0.15) is 5.60 Å². The van der Waals surface area contributed by atoms with Gasteiger partial charge in [-0.05, 0) is 23.3 Å². The molecule has 0 radical (unpaired) electrons.